The number of hydrogen-bond donors (Lipinski definition) is 0. The van der Waals surface area contributed by atoms with Crippen molar-refractivity contribution < 1.29 is 9.47 Å². The van der Waals surface area contributed by atoms with Crippen LogP contribution in [-0.4, -0.2) is 13.2 Å². The van der Waals surface area contributed by atoms with Gasteiger partial charge < -0.3 is 9.47 Å². The molecule has 0 aromatic heterocycles. The number of benzene rings is 2. The van der Waals surface area contributed by atoms with Crippen LogP contribution in [0.1, 0.15) is 26.3 Å². The third kappa shape index (κ3) is 3.51. The van der Waals surface area contributed by atoms with Gasteiger partial charge in [0.05, 0.1) is 13.2 Å². The number of hydrogen-bond acceptors (Lipinski definition) is 2. The Balaban J connectivity index is 2.52. The Morgan fingerprint density at radius 2 is 1.62 bits per heavy atom. The van der Waals surface area contributed by atoms with Crippen molar-refractivity contribution in [3.05, 3.63) is 47.0 Å². The number of rotatable bonds is 6. The van der Waals surface area contributed by atoms with Crippen molar-refractivity contribution in [2.75, 3.05) is 13.2 Å². The average Bonchev–Trinajstić information content (AvgIpc) is 2.49. The van der Waals surface area contributed by atoms with E-state index >= 15 is 0 Å². The molecule has 3 heteroatoms. The molecule has 0 heterocycles. The lowest BCUT2D eigenvalue weighted by Gasteiger charge is -2.15. The summed E-state index contributed by atoms with van der Waals surface area (Å²) < 4.78 is 11.3. The summed E-state index contributed by atoms with van der Waals surface area (Å²) in [7, 11) is 0. The normalized spacial score (nSPS) is 10.5. The molecular formula is C18H21ClO2. The van der Waals surface area contributed by atoms with Gasteiger partial charge in [0.1, 0.15) is 0 Å². The predicted octanol–water partition coefficient (Wildman–Crippen LogP) is 5.37. The van der Waals surface area contributed by atoms with Gasteiger partial charge in [0.15, 0.2) is 11.5 Å². The van der Waals surface area contributed by atoms with Gasteiger partial charge in [-0.25, -0.2) is 0 Å². The molecule has 2 aromatic carbocycles. The first-order chi connectivity index (χ1) is 10.2. The summed E-state index contributed by atoms with van der Waals surface area (Å²) in [4.78, 5) is 0. The summed E-state index contributed by atoms with van der Waals surface area (Å²) in [6.07, 6.45) is 0.938. The van der Waals surface area contributed by atoms with Gasteiger partial charge in [0.2, 0.25) is 0 Å². The van der Waals surface area contributed by atoms with Gasteiger partial charge in [0, 0.05) is 10.6 Å². The zero-order valence-electron chi connectivity index (χ0n) is 12.8. The first-order valence-corrected chi connectivity index (χ1v) is 7.76. The number of aryl methyl sites for hydroxylation is 1. The fourth-order valence-electron chi connectivity index (χ4n) is 2.39. The molecule has 0 radical (unpaired) electrons. The van der Waals surface area contributed by atoms with E-state index < -0.39 is 0 Å². The second kappa shape index (κ2) is 7.37. The molecule has 0 unspecified atom stereocenters. The molecule has 0 aliphatic heterocycles. The van der Waals surface area contributed by atoms with Crippen LogP contribution in [0.3, 0.4) is 0 Å². The van der Waals surface area contributed by atoms with Crippen molar-refractivity contribution in [1.29, 1.82) is 0 Å². The highest BCUT2D eigenvalue weighted by Crippen LogP contribution is 2.37. The van der Waals surface area contributed by atoms with Gasteiger partial charge in [-0.3, -0.25) is 0 Å². The third-order valence-electron chi connectivity index (χ3n) is 3.31. The first-order valence-electron chi connectivity index (χ1n) is 7.38. The van der Waals surface area contributed by atoms with E-state index in [1.165, 1.54) is 5.56 Å². The van der Waals surface area contributed by atoms with Gasteiger partial charge in [-0.15, -0.1) is 0 Å². The average molecular weight is 305 g/mol. The molecule has 0 N–H and O–H groups in total. The zero-order chi connectivity index (χ0) is 15.2. The molecule has 0 aliphatic rings. The maximum absolute atomic E-state index is 6.40. The lowest BCUT2D eigenvalue weighted by atomic mass is 9.97. The summed E-state index contributed by atoms with van der Waals surface area (Å²) in [5, 5.41) is 0.765. The van der Waals surface area contributed by atoms with Crippen LogP contribution in [0, 0.1) is 0 Å². The maximum atomic E-state index is 6.40. The molecule has 0 spiro atoms. The Morgan fingerprint density at radius 1 is 0.905 bits per heavy atom. The van der Waals surface area contributed by atoms with Crippen molar-refractivity contribution in [2.24, 2.45) is 0 Å². The van der Waals surface area contributed by atoms with E-state index in [1.807, 2.05) is 44.2 Å². The van der Waals surface area contributed by atoms with Crippen LogP contribution in [-0.2, 0) is 6.42 Å². The van der Waals surface area contributed by atoms with Gasteiger partial charge >= 0.3 is 0 Å². The highest BCUT2D eigenvalue weighted by atomic mass is 35.5. The topological polar surface area (TPSA) is 18.5 Å². The molecule has 0 aliphatic carbocycles. The van der Waals surface area contributed by atoms with Crippen molar-refractivity contribution in [3.8, 4) is 22.6 Å². The lowest BCUT2D eigenvalue weighted by Crippen LogP contribution is -1.99. The van der Waals surface area contributed by atoms with Crippen molar-refractivity contribution >= 4 is 11.6 Å². The van der Waals surface area contributed by atoms with Crippen LogP contribution >= 0.6 is 11.6 Å². The van der Waals surface area contributed by atoms with E-state index in [9.17, 15) is 0 Å². The largest absolute Gasteiger partial charge is 0.490 e. The quantitative estimate of drug-likeness (QED) is 0.714. The second-order valence-corrected chi connectivity index (χ2v) is 5.06. The minimum absolute atomic E-state index is 0.604. The van der Waals surface area contributed by atoms with Crippen molar-refractivity contribution in [2.45, 2.75) is 27.2 Å². The summed E-state index contributed by atoms with van der Waals surface area (Å²) in [6, 6.07) is 12.0. The van der Waals surface area contributed by atoms with Gasteiger partial charge in [-0.1, -0.05) is 36.7 Å². The lowest BCUT2D eigenvalue weighted by molar-refractivity contribution is 0.288. The second-order valence-electron chi connectivity index (χ2n) is 4.66. The van der Waals surface area contributed by atoms with Crippen LogP contribution in [0.2, 0.25) is 5.02 Å². The minimum atomic E-state index is 0.604. The van der Waals surface area contributed by atoms with Gasteiger partial charge in [-0.2, -0.15) is 0 Å². The SMILES string of the molecule is CCOc1ccc(-c2c(Cl)cccc2CC)cc1OCC. The molecule has 0 amide bonds. The van der Waals surface area contributed by atoms with E-state index in [-0.39, 0.29) is 0 Å². The predicted molar refractivity (Wildman–Crippen MR) is 88.6 cm³/mol. The van der Waals surface area contributed by atoms with E-state index in [2.05, 4.69) is 13.0 Å². The highest BCUT2D eigenvalue weighted by molar-refractivity contribution is 6.33. The van der Waals surface area contributed by atoms with Crippen molar-refractivity contribution in [3.63, 3.8) is 0 Å². The Labute approximate surface area is 131 Å². The van der Waals surface area contributed by atoms with Gasteiger partial charge in [0.25, 0.3) is 0 Å². The standard InChI is InChI=1S/C18H21ClO2/c1-4-13-8-7-9-15(19)18(13)14-10-11-16(20-5-2)17(12-14)21-6-3/h7-12H,4-6H2,1-3H3. The van der Waals surface area contributed by atoms with Crippen LogP contribution < -0.4 is 9.47 Å². The summed E-state index contributed by atoms with van der Waals surface area (Å²) in [5.41, 5.74) is 3.36. The number of ether oxygens (including phenoxy) is 2. The smallest absolute Gasteiger partial charge is 0.161 e. The molecule has 2 nitrogen and oxygen atoms in total. The monoisotopic (exact) mass is 304 g/mol. The summed E-state index contributed by atoms with van der Waals surface area (Å²) in [5.74, 6) is 1.53. The molecule has 2 rings (SSSR count). The molecular weight excluding hydrogens is 284 g/mol. The minimum Gasteiger partial charge on any atom is -0.490 e. The summed E-state index contributed by atoms with van der Waals surface area (Å²) >= 11 is 6.40. The Morgan fingerprint density at radius 3 is 2.29 bits per heavy atom. The van der Waals surface area contributed by atoms with Crippen molar-refractivity contribution in [1.82, 2.24) is 0 Å². The fourth-order valence-corrected chi connectivity index (χ4v) is 2.70. The van der Waals surface area contributed by atoms with Crippen LogP contribution in [0.15, 0.2) is 36.4 Å². The Hall–Kier alpha value is -1.67. The summed E-state index contributed by atoms with van der Waals surface area (Å²) in [6.45, 7) is 7.29. The van der Waals surface area contributed by atoms with Crippen LogP contribution in [0.4, 0.5) is 0 Å². The molecule has 0 fully saturated rings. The number of halogens is 1. The molecule has 2 aromatic rings. The van der Waals surface area contributed by atoms with Crippen LogP contribution in [0.25, 0.3) is 11.1 Å². The molecule has 21 heavy (non-hydrogen) atoms. The van der Waals surface area contributed by atoms with E-state index in [1.54, 1.807) is 0 Å². The molecule has 0 saturated heterocycles. The highest BCUT2D eigenvalue weighted by Gasteiger charge is 2.12. The van der Waals surface area contributed by atoms with Gasteiger partial charge in [-0.05, 0) is 49.6 Å². The fraction of sp³-hybridized carbons (Fsp3) is 0.333. The molecule has 112 valence electrons. The first kappa shape index (κ1) is 15.7. The molecule has 0 saturated carbocycles. The van der Waals surface area contributed by atoms with E-state index in [4.69, 9.17) is 21.1 Å². The maximum Gasteiger partial charge on any atom is 0.161 e. The Bertz CT molecular complexity index is 608. The molecule has 0 bridgehead atoms. The Kier molecular flexibility index (Phi) is 5.51. The zero-order valence-corrected chi connectivity index (χ0v) is 13.5. The van der Waals surface area contributed by atoms with E-state index in [0.717, 1.165) is 34.1 Å². The van der Waals surface area contributed by atoms with E-state index in [0.29, 0.717) is 13.2 Å². The third-order valence-corrected chi connectivity index (χ3v) is 3.63. The van der Waals surface area contributed by atoms with Crippen LogP contribution in [0.5, 0.6) is 11.5 Å². The molecule has 0 atom stereocenters.